The molecule has 1 aliphatic heterocycles. The summed E-state index contributed by atoms with van der Waals surface area (Å²) >= 11 is 0. The Morgan fingerprint density at radius 2 is 2.24 bits per heavy atom. The molecule has 132 valence electrons. The van der Waals surface area contributed by atoms with E-state index in [0.29, 0.717) is 18.4 Å². The van der Waals surface area contributed by atoms with E-state index in [4.69, 9.17) is 10.5 Å². The molecule has 8 nitrogen and oxygen atoms in total. The van der Waals surface area contributed by atoms with E-state index in [1.54, 1.807) is 0 Å². The van der Waals surface area contributed by atoms with E-state index in [-0.39, 0.29) is 11.6 Å². The first-order valence-electron chi connectivity index (χ1n) is 8.24. The number of fused-ring (bicyclic) bond motifs is 1. The molecular formula is C17H22N6O2. The second kappa shape index (κ2) is 7.25. The van der Waals surface area contributed by atoms with Crippen LogP contribution in [0.15, 0.2) is 24.4 Å². The largest absolute Gasteiger partial charge is 0.491 e. The topological polar surface area (TPSA) is 114 Å². The van der Waals surface area contributed by atoms with E-state index >= 15 is 0 Å². The van der Waals surface area contributed by atoms with Crippen LogP contribution in [0.4, 0.5) is 23.1 Å². The summed E-state index contributed by atoms with van der Waals surface area (Å²) in [5, 5.41) is 9.59. The lowest BCUT2D eigenvalue weighted by molar-refractivity contribution is 0.100. The average Bonchev–Trinajstić information content (AvgIpc) is 2.79. The van der Waals surface area contributed by atoms with Gasteiger partial charge in [0, 0.05) is 24.5 Å². The minimum absolute atomic E-state index is 0.106. The number of rotatable bonds is 5. The van der Waals surface area contributed by atoms with Crippen molar-refractivity contribution < 1.29 is 9.53 Å². The minimum Gasteiger partial charge on any atom is -0.491 e. The molecule has 0 saturated heterocycles. The highest BCUT2D eigenvalue weighted by atomic mass is 16.5. The number of primary amides is 1. The molecule has 25 heavy (non-hydrogen) atoms. The molecule has 0 bridgehead atoms. The molecule has 1 amide bonds. The Bertz CT molecular complexity index is 778. The van der Waals surface area contributed by atoms with Crippen molar-refractivity contribution in [3.63, 3.8) is 0 Å². The molecule has 1 aromatic heterocycles. The van der Waals surface area contributed by atoms with Crippen LogP contribution in [0.25, 0.3) is 0 Å². The predicted molar refractivity (Wildman–Crippen MR) is 97.6 cm³/mol. The lowest BCUT2D eigenvalue weighted by atomic mass is 10.2. The molecule has 1 aromatic carbocycles. The van der Waals surface area contributed by atoms with Crippen LogP contribution < -0.4 is 26.4 Å². The number of nitrogens with two attached hydrogens (primary N) is 1. The maximum atomic E-state index is 11.5. The Hall–Kier alpha value is -3.03. The fourth-order valence-corrected chi connectivity index (χ4v) is 2.48. The number of carbonyl (C=O) groups excluding carboxylic acids is 1. The van der Waals surface area contributed by atoms with Crippen molar-refractivity contribution in [1.82, 2.24) is 9.97 Å². The van der Waals surface area contributed by atoms with E-state index in [9.17, 15) is 4.79 Å². The van der Waals surface area contributed by atoms with Crippen LogP contribution in [0.5, 0.6) is 5.75 Å². The first-order valence-corrected chi connectivity index (χ1v) is 8.24. The average molecular weight is 342 g/mol. The first-order chi connectivity index (χ1) is 12.0. The molecular weight excluding hydrogens is 320 g/mol. The summed E-state index contributed by atoms with van der Waals surface area (Å²) in [7, 11) is 0. The standard InChI is InChI=1S/C17H22N6O2/c1-10(2)21-16-12(15(18)24)9-20-17(23-16)22-11-4-5-14-13(8-11)19-6-3-7-25-14/h4-5,8-10,19H,3,6-7H2,1-2H3,(H2,18,24)(H2,20,21,22,23). The number of carbonyl (C=O) groups is 1. The normalized spacial score (nSPS) is 13.2. The highest BCUT2D eigenvalue weighted by Gasteiger charge is 2.14. The number of amides is 1. The Labute approximate surface area is 146 Å². The summed E-state index contributed by atoms with van der Waals surface area (Å²) in [6.45, 7) is 5.48. The van der Waals surface area contributed by atoms with Crippen LogP contribution in [0.1, 0.15) is 30.6 Å². The van der Waals surface area contributed by atoms with Gasteiger partial charge in [-0.1, -0.05) is 0 Å². The fourth-order valence-electron chi connectivity index (χ4n) is 2.48. The van der Waals surface area contributed by atoms with Crippen LogP contribution >= 0.6 is 0 Å². The Morgan fingerprint density at radius 3 is 3.00 bits per heavy atom. The third kappa shape index (κ3) is 4.09. The van der Waals surface area contributed by atoms with E-state index < -0.39 is 5.91 Å². The van der Waals surface area contributed by atoms with Gasteiger partial charge in [-0.25, -0.2) is 4.98 Å². The van der Waals surface area contributed by atoms with Gasteiger partial charge in [0.2, 0.25) is 5.95 Å². The van der Waals surface area contributed by atoms with Crippen molar-refractivity contribution in [1.29, 1.82) is 0 Å². The Morgan fingerprint density at radius 1 is 1.40 bits per heavy atom. The monoisotopic (exact) mass is 342 g/mol. The van der Waals surface area contributed by atoms with Gasteiger partial charge in [-0.2, -0.15) is 4.98 Å². The smallest absolute Gasteiger partial charge is 0.254 e. The number of nitrogens with zero attached hydrogens (tertiary/aromatic N) is 2. The molecule has 0 spiro atoms. The summed E-state index contributed by atoms with van der Waals surface area (Å²) in [4.78, 5) is 20.1. The quantitative estimate of drug-likeness (QED) is 0.659. The van der Waals surface area contributed by atoms with Crippen molar-refractivity contribution in [2.45, 2.75) is 26.3 Å². The lowest BCUT2D eigenvalue weighted by Gasteiger charge is -2.14. The molecule has 5 N–H and O–H groups in total. The molecule has 2 heterocycles. The van der Waals surface area contributed by atoms with E-state index in [1.165, 1.54) is 6.20 Å². The molecule has 8 heteroatoms. The predicted octanol–water partition coefficient (Wildman–Crippen LogP) is 2.33. The van der Waals surface area contributed by atoms with Crippen LogP contribution in [-0.4, -0.2) is 35.1 Å². The SMILES string of the molecule is CC(C)Nc1nc(Nc2ccc3c(c2)NCCCO3)ncc1C(N)=O. The van der Waals surface area contributed by atoms with Crippen LogP contribution in [0.2, 0.25) is 0 Å². The molecule has 2 aromatic rings. The van der Waals surface area contributed by atoms with Gasteiger partial charge in [0.15, 0.2) is 0 Å². The first kappa shape index (κ1) is 16.8. The van der Waals surface area contributed by atoms with E-state index in [1.807, 2.05) is 32.0 Å². The van der Waals surface area contributed by atoms with Gasteiger partial charge in [0.1, 0.15) is 11.6 Å². The summed E-state index contributed by atoms with van der Waals surface area (Å²) < 4.78 is 5.68. The molecule has 0 fully saturated rings. The maximum absolute atomic E-state index is 11.5. The highest BCUT2D eigenvalue weighted by Crippen LogP contribution is 2.30. The van der Waals surface area contributed by atoms with E-state index in [2.05, 4.69) is 25.9 Å². The zero-order valence-corrected chi connectivity index (χ0v) is 14.3. The third-order valence-corrected chi connectivity index (χ3v) is 3.61. The van der Waals surface area contributed by atoms with Crippen molar-refractivity contribution in [3.05, 3.63) is 30.0 Å². The zero-order chi connectivity index (χ0) is 17.8. The summed E-state index contributed by atoms with van der Waals surface area (Å²) in [6, 6.07) is 5.85. The second-order valence-corrected chi connectivity index (χ2v) is 6.08. The third-order valence-electron chi connectivity index (χ3n) is 3.61. The highest BCUT2D eigenvalue weighted by molar-refractivity contribution is 5.97. The van der Waals surface area contributed by atoms with Gasteiger partial charge in [-0.3, -0.25) is 4.79 Å². The summed E-state index contributed by atoms with van der Waals surface area (Å²) in [5.74, 6) is 1.05. The number of hydrogen-bond donors (Lipinski definition) is 4. The van der Waals surface area contributed by atoms with E-state index in [0.717, 1.165) is 30.1 Å². The van der Waals surface area contributed by atoms with Gasteiger partial charge >= 0.3 is 0 Å². The van der Waals surface area contributed by atoms with Crippen molar-refractivity contribution in [2.24, 2.45) is 5.73 Å². The molecule has 0 aliphatic carbocycles. The van der Waals surface area contributed by atoms with Crippen molar-refractivity contribution >= 4 is 29.0 Å². The Kier molecular flexibility index (Phi) is 4.87. The van der Waals surface area contributed by atoms with Gasteiger partial charge in [0.25, 0.3) is 5.91 Å². The molecule has 3 rings (SSSR count). The lowest BCUT2D eigenvalue weighted by Crippen LogP contribution is -2.20. The molecule has 0 atom stereocenters. The second-order valence-electron chi connectivity index (χ2n) is 6.08. The number of benzene rings is 1. The van der Waals surface area contributed by atoms with Crippen LogP contribution in [0.3, 0.4) is 0 Å². The molecule has 0 saturated carbocycles. The number of anilines is 4. The number of ether oxygens (including phenoxy) is 1. The molecule has 0 unspecified atom stereocenters. The fraction of sp³-hybridized carbons (Fsp3) is 0.353. The number of hydrogen-bond acceptors (Lipinski definition) is 7. The summed E-state index contributed by atoms with van der Waals surface area (Å²) in [5.41, 5.74) is 7.39. The minimum atomic E-state index is -0.568. The van der Waals surface area contributed by atoms with Crippen molar-refractivity contribution in [2.75, 3.05) is 29.1 Å². The molecule has 0 radical (unpaired) electrons. The van der Waals surface area contributed by atoms with Gasteiger partial charge < -0.3 is 26.4 Å². The summed E-state index contributed by atoms with van der Waals surface area (Å²) in [6.07, 6.45) is 2.38. The number of nitrogens with one attached hydrogen (secondary N) is 3. The van der Waals surface area contributed by atoms with Crippen molar-refractivity contribution in [3.8, 4) is 5.75 Å². The van der Waals surface area contributed by atoms with Gasteiger partial charge in [-0.05, 0) is 38.5 Å². The maximum Gasteiger partial charge on any atom is 0.254 e. The van der Waals surface area contributed by atoms with Crippen LogP contribution in [-0.2, 0) is 0 Å². The van der Waals surface area contributed by atoms with Crippen LogP contribution in [0, 0.1) is 0 Å². The van der Waals surface area contributed by atoms with Gasteiger partial charge in [-0.15, -0.1) is 0 Å². The zero-order valence-electron chi connectivity index (χ0n) is 14.3. The molecule has 1 aliphatic rings. The Balaban J connectivity index is 1.85. The number of aromatic nitrogens is 2. The van der Waals surface area contributed by atoms with Gasteiger partial charge in [0.05, 0.1) is 17.9 Å².